The first-order chi connectivity index (χ1) is 14.0. The molecule has 0 aromatic carbocycles. The van der Waals surface area contributed by atoms with E-state index in [2.05, 4.69) is 10.2 Å². The smallest absolute Gasteiger partial charge is 0.414 e. The van der Waals surface area contributed by atoms with Gasteiger partial charge in [0.15, 0.2) is 0 Å². The Morgan fingerprint density at radius 1 is 0.931 bits per heavy atom. The molecule has 0 radical (unpaired) electrons. The molecule has 0 unspecified atom stereocenters. The fourth-order valence-corrected chi connectivity index (χ4v) is 4.22. The minimum absolute atomic E-state index is 0.287. The molecule has 29 heavy (non-hydrogen) atoms. The van der Waals surface area contributed by atoms with E-state index in [1.54, 1.807) is 6.26 Å². The predicted octanol–water partition coefficient (Wildman–Crippen LogP) is 3.02. The van der Waals surface area contributed by atoms with E-state index in [1.807, 2.05) is 12.1 Å². The first-order valence-corrected chi connectivity index (χ1v) is 10.5. The van der Waals surface area contributed by atoms with Crippen LogP contribution in [0.4, 0.5) is 0 Å². The molecule has 2 aliphatic carbocycles. The molecular weight excluding hydrogens is 376 g/mol. The third-order valence-electron chi connectivity index (χ3n) is 5.56. The van der Waals surface area contributed by atoms with Crippen molar-refractivity contribution in [3.8, 4) is 0 Å². The zero-order valence-corrected chi connectivity index (χ0v) is 16.8. The third-order valence-corrected chi connectivity index (χ3v) is 5.56. The zero-order chi connectivity index (χ0) is 21.1. The Hall–Kier alpha value is -2.35. The Morgan fingerprint density at radius 2 is 1.45 bits per heavy atom. The van der Waals surface area contributed by atoms with Gasteiger partial charge in [-0.3, -0.25) is 4.79 Å². The molecular formula is C21H32N2O6. The molecule has 1 heterocycles. The number of amides is 1. The minimum atomic E-state index is -1.82. The van der Waals surface area contributed by atoms with Crippen LogP contribution in [0.2, 0.25) is 0 Å². The van der Waals surface area contributed by atoms with Crippen molar-refractivity contribution in [2.24, 2.45) is 0 Å². The fourth-order valence-electron chi connectivity index (χ4n) is 4.22. The third kappa shape index (κ3) is 7.89. The lowest BCUT2D eigenvalue weighted by atomic mass is 9.88. The average molecular weight is 408 g/mol. The van der Waals surface area contributed by atoms with E-state index in [0.717, 1.165) is 5.76 Å². The molecule has 0 atom stereocenters. The summed E-state index contributed by atoms with van der Waals surface area (Å²) in [4.78, 5) is 33.4. The van der Waals surface area contributed by atoms with E-state index in [1.165, 1.54) is 64.2 Å². The molecule has 2 aliphatic rings. The summed E-state index contributed by atoms with van der Waals surface area (Å²) in [6.45, 7) is 1.05. The quantitative estimate of drug-likeness (QED) is 0.619. The van der Waals surface area contributed by atoms with E-state index < -0.39 is 11.9 Å². The molecule has 1 aromatic rings. The molecule has 2 fully saturated rings. The molecule has 3 N–H and O–H groups in total. The number of hydrogen-bond acceptors (Lipinski definition) is 5. The number of nitrogens with one attached hydrogen (secondary N) is 1. The van der Waals surface area contributed by atoms with Crippen molar-refractivity contribution in [2.75, 3.05) is 6.54 Å². The number of nitrogens with zero attached hydrogens (tertiary/aromatic N) is 1. The average Bonchev–Trinajstić information content (AvgIpc) is 3.24. The molecule has 3 rings (SSSR count). The SMILES string of the molecule is O=C(CNCc1ccco1)N(C1CCCCC1)C1CCCCC1.O=C(O)C(=O)O. The lowest BCUT2D eigenvalue weighted by Gasteiger charge is -2.42. The molecule has 0 bridgehead atoms. The Labute approximate surface area is 171 Å². The van der Waals surface area contributed by atoms with Crippen LogP contribution < -0.4 is 5.32 Å². The summed E-state index contributed by atoms with van der Waals surface area (Å²) < 4.78 is 5.32. The first kappa shape index (κ1) is 22.9. The number of furan rings is 1. The number of carboxylic acid groups (broad SMARTS) is 2. The summed E-state index contributed by atoms with van der Waals surface area (Å²) in [6, 6.07) is 4.78. The number of carbonyl (C=O) groups excluding carboxylic acids is 1. The molecule has 0 spiro atoms. The van der Waals surface area contributed by atoms with Gasteiger partial charge in [-0.25, -0.2) is 9.59 Å². The van der Waals surface area contributed by atoms with Gasteiger partial charge in [-0.2, -0.15) is 0 Å². The van der Waals surface area contributed by atoms with Crippen LogP contribution in [0.3, 0.4) is 0 Å². The number of carboxylic acids is 2. The first-order valence-electron chi connectivity index (χ1n) is 10.5. The second kappa shape index (κ2) is 12.3. The number of hydrogen-bond donors (Lipinski definition) is 3. The summed E-state index contributed by atoms with van der Waals surface area (Å²) in [5, 5.41) is 18.0. The van der Waals surface area contributed by atoms with Crippen molar-refractivity contribution in [3.63, 3.8) is 0 Å². The minimum Gasteiger partial charge on any atom is -0.473 e. The van der Waals surface area contributed by atoms with Crippen molar-refractivity contribution in [3.05, 3.63) is 24.2 Å². The highest BCUT2D eigenvalue weighted by Gasteiger charge is 2.31. The molecule has 0 aliphatic heterocycles. The van der Waals surface area contributed by atoms with Crippen molar-refractivity contribution < 1.29 is 29.0 Å². The monoisotopic (exact) mass is 408 g/mol. The molecule has 2 saturated carbocycles. The van der Waals surface area contributed by atoms with Crippen LogP contribution >= 0.6 is 0 Å². The summed E-state index contributed by atoms with van der Waals surface area (Å²) in [5.41, 5.74) is 0. The largest absolute Gasteiger partial charge is 0.473 e. The molecule has 1 amide bonds. The van der Waals surface area contributed by atoms with E-state index in [-0.39, 0.29) is 5.91 Å². The van der Waals surface area contributed by atoms with Crippen molar-refractivity contribution in [1.82, 2.24) is 10.2 Å². The van der Waals surface area contributed by atoms with Gasteiger partial charge in [-0.15, -0.1) is 0 Å². The molecule has 0 saturated heterocycles. The Kier molecular flexibility index (Phi) is 9.70. The standard InChI is InChI=1S/C19H30N2O2.C2H2O4/c22-19(15-20-14-18-12-7-13-23-18)21(16-8-3-1-4-9-16)17-10-5-2-6-11-17;3-1(4)2(5)6/h7,12-13,16-17,20H,1-6,8-11,14-15H2;(H,3,4)(H,5,6). The van der Waals surface area contributed by atoms with Gasteiger partial charge in [0.1, 0.15) is 5.76 Å². The van der Waals surface area contributed by atoms with E-state index in [0.29, 0.717) is 25.2 Å². The van der Waals surface area contributed by atoms with Crippen molar-refractivity contribution >= 4 is 17.8 Å². The van der Waals surface area contributed by atoms with Gasteiger partial charge in [0.2, 0.25) is 5.91 Å². The van der Waals surface area contributed by atoms with Gasteiger partial charge in [0, 0.05) is 12.1 Å². The summed E-state index contributed by atoms with van der Waals surface area (Å²) >= 11 is 0. The van der Waals surface area contributed by atoms with Crippen LogP contribution in [0.25, 0.3) is 0 Å². The van der Waals surface area contributed by atoms with Gasteiger partial charge in [-0.1, -0.05) is 38.5 Å². The van der Waals surface area contributed by atoms with Gasteiger partial charge in [-0.05, 0) is 37.8 Å². The van der Waals surface area contributed by atoms with Gasteiger partial charge < -0.3 is 24.8 Å². The second-order valence-electron chi connectivity index (χ2n) is 7.68. The predicted molar refractivity (Wildman–Crippen MR) is 106 cm³/mol. The van der Waals surface area contributed by atoms with Crippen LogP contribution in [-0.4, -0.2) is 51.6 Å². The fraction of sp³-hybridized carbons (Fsp3) is 0.667. The highest BCUT2D eigenvalue weighted by atomic mass is 16.4. The molecule has 1 aromatic heterocycles. The maximum absolute atomic E-state index is 12.9. The normalized spacial score (nSPS) is 17.8. The summed E-state index contributed by atoms with van der Waals surface area (Å²) in [6.07, 6.45) is 14.2. The molecule has 162 valence electrons. The number of aliphatic carboxylic acids is 2. The van der Waals surface area contributed by atoms with Gasteiger partial charge in [0.05, 0.1) is 19.4 Å². The highest BCUT2D eigenvalue weighted by Crippen LogP contribution is 2.30. The Morgan fingerprint density at radius 3 is 1.86 bits per heavy atom. The van der Waals surface area contributed by atoms with Crippen molar-refractivity contribution in [2.45, 2.75) is 82.8 Å². The number of rotatable bonds is 6. The maximum Gasteiger partial charge on any atom is 0.414 e. The van der Waals surface area contributed by atoms with Gasteiger partial charge >= 0.3 is 11.9 Å². The Bertz CT molecular complexity index is 604. The van der Waals surface area contributed by atoms with E-state index in [4.69, 9.17) is 24.2 Å². The Balaban J connectivity index is 0.000000438. The second-order valence-corrected chi connectivity index (χ2v) is 7.68. The summed E-state index contributed by atoms with van der Waals surface area (Å²) in [5.74, 6) is -2.47. The highest BCUT2D eigenvalue weighted by molar-refractivity contribution is 6.27. The summed E-state index contributed by atoms with van der Waals surface area (Å²) in [7, 11) is 0. The van der Waals surface area contributed by atoms with Crippen LogP contribution in [0.5, 0.6) is 0 Å². The van der Waals surface area contributed by atoms with E-state index in [9.17, 15) is 4.79 Å². The lowest BCUT2D eigenvalue weighted by molar-refractivity contribution is -0.159. The van der Waals surface area contributed by atoms with Gasteiger partial charge in [0.25, 0.3) is 0 Å². The lowest BCUT2D eigenvalue weighted by Crippen LogP contribution is -2.51. The molecule has 8 nitrogen and oxygen atoms in total. The maximum atomic E-state index is 12.9. The van der Waals surface area contributed by atoms with Crippen LogP contribution in [0, 0.1) is 0 Å². The van der Waals surface area contributed by atoms with Crippen LogP contribution in [0.15, 0.2) is 22.8 Å². The number of carbonyl (C=O) groups is 3. The van der Waals surface area contributed by atoms with Crippen molar-refractivity contribution in [1.29, 1.82) is 0 Å². The van der Waals surface area contributed by atoms with Crippen LogP contribution in [-0.2, 0) is 20.9 Å². The zero-order valence-electron chi connectivity index (χ0n) is 16.8. The molecule has 8 heteroatoms. The topological polar surface area (TPSA) is 120 Å². The van der Waals surface area contributed by atoms with E-state index >= 15 is 0 Å². The van der Waals surface area contributed by atoms with Crippen LogP contribution in [0.1, 0.15) is 70.0 Å².